The summed E-state index contributed by atoms with van der Waals surface area (Å²) in [6.07, 6.45) is 5.06. The van der Waals surface area contributed by atoms with E-state index in [2.05, 4.69) is 28.4 Å². The van der Waals surface area contributed by atoms with Gasteiger partial charge in [0.1, 0.15) is 0 Å². The molecule has 2 aliphatic heterocycles. The number of para-hydroxylation sites is 1. The highest BCUT2D eigenvalue weighted by Gasteiger charge is 2.31. The molecule has 0 aliphatic carbocycles. The predicted molar refractivity (Wildman–Crippen MR) is 123 cm³/mol. The second kappa shape index (κ2) is 8.99. The van der Waals surface area contributed by atoms with E-state index in [-0.39, 0.29) is 17.9 Å². The third kappa shape index (κ3) is 4.05. The van der Waals surface area contributed by atoms with Crippen LogP contribution in [-0.4, -0.2) is 40.0 Å². The zero-order valence-electron chi connectivity index (χ0n) is 18.2. The van der Waals surface area contributed by atoms with Gasteiger partial charge in [0.25, 0.3) is 5.91 Å². The number of likely N-dealkylation sites (tertiary alicyclic amines) is 1. The maximum absolute atomic E-state index is 13.1. The zero-order valence-corrected chi connectivity index (χ0v) is 18.2. The smallest absolute Gasteiger partial charge is 0.278 e. The molecule has 164 valence electrons. The van der Waals surface area contributed by atoms with Crippen molar-refractivity contribution in [2.24, 2.45) is 0 Å². The van der Waals surface area contributed by atoms with E-state index >= 15 is 0 Å². The first-order valence-corrected chi connectivity index (χ1v) is 11.5. The molecular weight excluding hydrogens is 400 g/mol. The number of rotatable bonds is 5. The lowest BCUT2D eigenvalue weighted by molar-refractivity contribution is -0.135. The number of nitrogens with one attached hydrogen (secondary N) is 1. The number of carbonyl (C=O) groups is 2. The first-order valence-electron chi connectivity index (χ1n) is 11.5. The highest BCUT2D eigenvalue weighted by atomic mass is 16.2. The molecule has 1 aromatic heterocycles. The van der Waals surface area contributed by atoms with Crippen LogP contribution in [0.5, 0.6) is 0 Å². The van der Waals surface area contributed by atoms with Gasteiger partial charge in [0.15, 0.2) is 5.69 Å². The molecule has 1 atom stereocenters. The number of amides is 2. The van der Waals surface area contributed by atoms with E-state index in [0.717, 1.165) is 50.0 Å². The number of hydrogen-bond acceptors (Lipinski definition) is 3. The number of fused-ring (bicyclic) bond motifs is 1. The third-order valence-corrected chi connectivity index (χ3v) is 6.60. The quantitative estimate of drug-likeness (QED) is 0.659. The van der Waals surface area contributed by atoms with Gasteiger partial charge in [-0.2, -0.15) is 5.10 Å². The van der Waals surface area contributed by atoms with Crippen molar-refractivity contribution in [3.63, 3.8) is 0 Å². The Bertz CT molecular complexity index is 1110. The summed E-state index contributed by atoms with van der Waals surface area (Å²) < 4.78 is 0. The molecule has 0 radical (unpaired) electrons. The Morgan fingerprint density at radius 1 is 1.00 bits per heavy atom. The van der Waals surface area contributed by atoms with Gasteiger partial charge < -0.3 is 9.80 Å². The van der Waals surface area contributed by atoms with Crippen molar-refractivity contribution in [1.82, 2.24) is 15.1 Å². The van der Waals surface area contributed by atoms with Crippen molar-refractivity contribution in [2.45, 2.75) is 44.6 Å². The van der Waals surface area contributed by atoms with Crippen molar-refractivity contribution < 1.29 is 9.59 Å². The van der Waals surface area contributed by atoms with Crippen LogP contribution in [0.1, 0.15) is 59.0 Å². The molecule has 0 saturated carbocycles. The number of aromatic nitrogens is 2. The lowest BCUT2D eigenvalue weighted by Crippen LogP contribution is -2.38. The highest BCUT2D eigenvalue weighted by molar-refractivity contribution is 6.06. The van der Waals surface area contributed by atoms with Crippen LogP contribution in [0.25, 0.3) is 0 Å². The fraction of sp³-hybridized carbons (Fsp3) is 0.346. The molecule has 6 nitrogen and oxygen atoms in total. The van der Waals surface area contributed by atoms with Gasteiger partial charge >= 0.3 is 0 Å². The zero-order chi connectivity index (χ0) is 21.9. The molecule has 2 aromatic carbocycles. The number of carbonyl (C=O) groups excluding carboxylic acids is 2. The van der Waals surface area contributed by atoms with Crippen LogP contribution in [0.2, 0.25) is 0 Å². The number of piperidine rings is 1. The lowest BCUT2D eigenvalue weighted by Gasteiger charge is -2.35. The molecule has 32 heavy (non-hydrogen) atoms. The van der Waals surface area contributed by atoms with E-state index in [4.69, 9.17) is 0 Å². The van der Waals surface area contributed by atoms with Gasteiger partial charge in [-0.3, -0.25) is 14.7 Å². The summed E-state index contributed by atoms with van der Waals surface area (Å²) in [5.41, 5.74) is 4.61. The van der Waals surface area contributed by atoms with E-state index < -0.39 is 0 Å². The Kier molecular flexibility index (Phi) is 5.75. The summed E-state index contributed by atoms with van der Waals surface area (Å²) in [7, 11) is 0. The lowest BCUT2D eigenvalue weighted by atomic mass is 9.98. The SMILES string of the molecule is O=C(c1cc(C2CCCCN2C(=O)CCc2ccccc2)[nH]n1)N1CCc2ccccc21. The summed E-state index contributed by atoms with van der Waals surface area (Å²) in [5.74, 6) is 0.0738. The average Bonchev–Trinajstić information content (AvgIpc) is 3.51. The van der Waals surface area contributed by atoms with Crippen LogP contribution < -0.4 is 4.90 Å². The van der Waals surface area contributed by atoms with Crippen LogP contribution in [0, 0.1) is 0 Å². The van der Waals surface area contributed by atoms with Crippen molar-refractivity contribution in [1.29, 1.82) is 0 Å². The van der Waals surface area contributed by atoms with Crippen LogP contribution in [0.3, 0.4) is 0 Å². The first-order chi connectivity index (χ1) is 15.7. The fourth-order valence-electron chi connectivity index (χ4n) is 4.90. The number of aromatic amines is 1. The molecule has 2 amide bonds. The molecule has 3 heterocycles. The first kappa shape index (κ1) is 20.5. The summed E-state index contributed by atoms with van der Waals surface area (Å²) in [6, 6.07) is 19.9. The molecule has 1 unspecified atom stereocenters. The van der Waals surface area contributed by atoms with Crippen molar-refractivity contribution >= 4 is 17.5 Å². The van der Waals surface area contributed by atoms with Crippen LogP contribution in [-0.2, 0) is 17.6 Å². The normalized spacial score (nSPS) is 17.9. The molecule has 1 N–H and O–H groups in total. The topological polar surface area (TPSA) is 69.3 Å². The van der Waals surface area contributed by atoms with Crippen LogP contribution in [0.4, 0.5) is 5.69 Å². The second-order valence-corrected chi connectivity index (χ2v) is 8.63. The Hall–Kier alpha value is -3.41. The van der Waals surface area contributed by atoms with Gasteiger partial charge in [0, 0.05) is 25.2 Å². The second-order valence-electron chi connectivity index (χ2n) is 8.63. The van der Waals surface area contributed by atoms with Gasteiger partial charge in [-0.15, -0.1) is 0 Å². The summed E-state index contributed by atoms with van der Waals surface area (Å²) >= 11 is 0. The molecular formula is C26H28N4O2. The van der Waals surface area contributed by atoms with Crippen molar-refractivity contribution in [3.8, 4) is 0 Å². The number of hydrogen-bond donors (Lipinski definition) is 1. The Morgan fingerprint density at radius 2 is 1.81 bits per heavy atom. The minimum Gasteiger partial charge on any atom is -0.334 e. The Balaban J connectivity index is 1.29. The summed E-state index contributed by atoms with van der Waals surface area (Å²) in [5, 5.41) is 7.41. The largest absolute Gasteiger partial charge is 0.334 e. The third-order valence-electron chi connectivity index (χ3n) is 6.60. The molecule has 1 saturated heterocycles. The predicted octanol–water partition coefficient (Wildman–Crippen LogP) is 4.30. The number of aryl methyl sites for hydroxylation is 1. The van der Waals surface area contributed by atoms with Gasteiger partial charge in [0.2, 0.25) is 5.91 Å². The van der Waals surface area contributed by atoms with Gasteiger partial charge in [0.05, 0.1) is 11.7 Å². The summed E-state index contributed by atoms with van der Waals surface area (Å²) in [6.45, 7) is 1.42. The van der Waals surface area contributed by atoms with E-state index in [1.54, 1.807) is 4.90 Å². The van der Waals surface area contributed by atoms with E-state index in [0.29, 0.717) is 18.7 Å². The maximum Gasteiger partial charge on any atom is 0.278 e. The monoisotopic (exact) mass is 428 g/mol. The van der Waals surface area contributed by atoms with Crippen molar-refractivity contribution in [3.05, 3.63) is 83.2 Å². The summed E-state index contributed by atoms with van der Waals surface area (Å²) in [4.78, 5) is 30.0. The molecule has 3 aromatic rings. The fourth-order valence-corrected chi connectivity index (χ4v) is 4.90. The molecule has 0 bridgehead atoms. The minimum absolute atomic E-state index is 0.0491. The molecule has 2 aliphatic rings. The molecule has 1 fully saturated rings. The Labute approximate surface area is 188 Å². The number of H-pyrrole nitrogens is 1. The number of nitrogens with zero attached hydrogens (tertiary/aromatic N) is 3. The minimum atomic E-state index is -0.0878. The van der Waals surface area contributed by atoms with Gasteiger partial charge in [-0.05, 0) is 55.4 Å². The number of benzene rings is 2. The molecule has 0 spiro atoms. The number of anilines is 1. The van der Waals surface area contributed by atoms with Gasteiger partial charge in [-0.25, -0.2) is 0 Å². The van der Waals surface area contributed by atoms with E-state index in [9.17, 15) is 9.59 Å². The molecule has 5 rings (SSSR count). The van der Waals surface area contributed by atoms with Crippen LogP contribution >= 0.6 is 0 Å². The van der Waals surface area contributed by atoms with E-state index in [1.165, 1.54) is 11.1 Å². The molecule has 6 heteroatoms. The van der Waals surface area contributed by atoms with Gasteiger partial charge in [-0.1, -0.05) is 48.5 Å². The van der Waals surface area contributed by atoms with Crippen molar-refractivity contribution in [2.75, 3.05) is 18.0 Å². The van der Waals surface area contributed by atoms with E-state index in [1.807, 2.05) is 47.4 Å². The highest BCUT2D eigenvalue weighted by Crippen LogP contribution is 2.32. The Morgan fingerprint density at radius 3 is 2.69 bits per heavy atom. The van der Waals surface area contributed by atoms with Crippen LogP contribution in [0.15, 0.2) is 60.7 Å². The average molecular weight is 429 g/mol. The standard InChI is InChI=1S/C26H28N4O2/c31-25(14-13-19-8-2-1-3-9-19)29-16-7-6-12-24(29)21-18-22(28-27-21)26(32)30-17-15-20-10-4-5-11-23(20)30/h1-5,8-11,18,24H,6-7,12-17H2,(H,27,28). The maximum atomic E-state index is 13.1.